The van der Waals surface area contributed by atoms with E-state index in [2.05, 4.69) is 10.6 Å². The number of alkyl halides is 2. The lowest BCUT2D eigenvalue weighted by molar-refractivity contribution is -0.120. The van der Waals surface area contributed by atoms with E-state index in [0.717, 1.165) is 5.56 Å². The first kappa shape index (κ1) is 13.9. The lowest BCUT2D eigenvalue weighted by atomic mass is 10.0. The number of carbonyl (C=O) groups is 1. The molecule has 1 heterocycles. The van der Waals surface area contributed by atoms with Crippen molar-refractivity contribution >= 4 is 5.91 Å². The highest BCUT2D eigenvalue weighted by Crippen LogP contribution is 2.26. The molecule has 3 N–H and O–H groups in total. The van der Waals surface area contributed by atoms with Crippen LogP contribution in [0.5, 0.6) is 0 Å². The van der Waals surface area contributed by atoms with E-state index in [1.807, 2.05) is 18.2 Å². The number of halogens is 2. The van der Waals surface area contributed by atoms with E-state index in [0.29, 0.717) is 6.92 Å². The topological polar surface area (TPSA) is 61.4 Å². The molecule has 4 nitrogen and oxygen atoms in total. The van der Waals surface area contributed by atoms with Crippen molar-refractivity contribution in [3.8, 4) is 0 Å². The van der Waals surface area contributed by atoms with Gasteiger partial charge in [0.2, 0.25) is 5.91 Å². The minimum atomic E-state index is -3.26. The Morgan fingerprint density at radius 2 is 2.05 bits per heavy atom. The highest BCUT2D eigenvalue weighted by atomic mass is 19.3. The summed E-state index contributed by atoms with van der Waals surface area (Å²) in [7, 11) is 0. The van der Waals surface area contributed by atoms with Gasteiger partial charge in [-0.1, -0.05) is 30.3 Å². The molecular formula is C13H16F2N2O2. The van der Waals surface area contributed by atoms with Crippen molar-refractivity contribution in [3.63, 3.8) is 0 Å². The second-order valence-corrected chi connectivity index (χ2v) is 4.79. The molecule has 0 spiro atoms. The number of aliphatic hydroxyl groups excluding tert-OH is 1. The summed E-state index contributed by atoms with van der Waals surface area (Å²) in [4.78, 5) is 11.4. The van der Waals surface area contributed by atoms with Crippen LogP contribution < -0.4 is 10.6 Å². The highest BCUT2D eigenvalue weighted by Gasteiger charge is 2.39. The van der Waals surface area contributed by atoms with E-state index in [-0.39, 0.29) is 12.3 Å². The molecule has 0 saturated carbocycles. The van der Waals surface area contributed by atoms with Crippen LogP contribution in [-0.4, -0.2) is 29.2 Å². The fourth-order valence-corrected chi connectivity index (χ4v) is 2.13. The van der Waals surface area contributed by atoms with Gasteiger partial charge < -0.3 is 10.4 Å². The Morgan fingerprint density at radius 1 is 1.42 bits per heavy atom. The SMILES string of the molecule is CC(F)(F)C(O)NC1CC(=O)NC1c1ccccc1. The fraction of sp³-hybridized carbons (Fsp3) is 0.462. The molecule has 0 bridgehead atoms. The zero-order valence-electron chi connectivity index (χ0n) is 10.4. The zero-order valence-corrected chi connectivity index (χ0v) is 10.4. The number of rotatable bonds is 4. The van der Waals surface area contributed by atoms with Gasteiger partial charge in [0.15, 0.2) is 6.23 Å². The van der Waals surface area contributed by atoms with Crippen LogP contribution in [0.15, 0.2) is 30.3 Å². The number of hydrogen-bond donors (Lipinski definition) is 3. The van der Waals surface area contributed by atoms with Crippen LogP contribution in [0, 0.1) is 0 Å². The summed E-state index contributed by atoms with van der Waals surface area (Å²) in [6, 6.07) is 8.09. The molecule has 1 amide bonds. The third-order valence-electron chi connectivity index (χ3n) is 3.13. The summed E-state index contributed by atoms with van der Waals surface area (Å²) in [5, 5.41) is 14.5. The van der Waals surface area contributed by atoms with Gasteiger partial charge in [0.05, 0.1) is 6.04 Å². The summed E-state index contributed by atoms with van der Waals surface area (Å²) >= 11 is 0. The summed E-state index contributed by atoms with van der Waals surface area (Å²) in [6.07, 6.45) is -1.91. The van der Waals surface area contributed by atoms with Gasteiger partial charge >= 0.3 is 0 Å². The van der Waals surface area contributed by atoms with Gasteiger partial charge in [0.25, 0.3) is 5.92 Å². The smallest absolute Gasteiger partial charge is 0.283 e. The van der Waals surface area contributed by atoms with E-state index in [9.17, 15) is 18.7 Å². The first-order chi connectivity index (χ1) is 8.88. The quantitative estimate of drug-likeness (QED) is 0.720. The van der Waals surface area contributed by atoms with Crippen molar-refractivity contribution in [2.75, 3.05) is 0 Å². The van der Waals surface area contributed by atoms with Crippen LogP contribution >= 0.6 is 0 Å². The molecule has 3 unspecified atom stereocenters. The molecule has 1 aromatic rings. The van der Waals surface area contributed by atoms with E-state index in [4.69, 9.17) is 0 Å². The monoisotopic (exact) mass is 270 g/mol. The zero-order chi connectivity index (χ0) is 14.0. The van der Waals surface area contributed by atoms with Crippen molar-refractivity contribution in [1.82, 2.24) is 10.6 Å². The molecule has 3 atom stereocenters. The van der Waals surface area contributed by atoms with Crippen LogP contribution in [-0.2, 0) is 4.79 Å². The van der Waals surface area contributed by atoms with Crippen molar-refractivity contribution < 1.29 is 18.7 Å². The molecule has 0 radical (unpaired) electrons. The minimum Gasteiger partial charge on any atom is -0.372 e. The highest BCUT2D eigenvalue weighted by molar-refractivity contribution is 5.80. The molecule has 1 saturated heterocycles. The summed E-state index contributed by atoms with van der Waals surface area (Å²) < 4.78 is 26.0. The van der Waals surface area contributed by atoms with Gasteiger partial charge in [-0.15, -0.1) is 0 Å². The summed E-state index contributed by atoms with van der Waals surface area (Å²) in [6.45, 7) is 0.631. The summed E-state index contributed by atoms with van der Waals surface area (Å²) in [5.41, 5.74) is 0.817. The molecule has 2 rings (SSSR count). The van der Waals surface area contributed by atoms with Gasteiger partial charge in [-0.25, -0.2) is 8.78 Å². The third kappa shape index (κ3) is 3.27. The molecule has 0 aliphatic carbocycles. The third-order valence-corrected chi connectivity index (χ3v) is 3.13. The fourth-order valence-electron chi connectivity index (χ4n) is 2.13. The number of amides is 1. The molecule has 1 aliphatic rings. The number of nitrogens with one attached hydrogen (secondary N) is 2. The Bertz CT molecular complexity index is 448. The maximum absolute atomic E-state index is 13.0. The van der Waals surface area contributed by atoms with Crippen LogP contribution in [0.2, 0.25) is 0 Å². The molecule has 0 aromatic heterocycles. The Hall–Kier alpha value is -1.53. The van der Waals surface area contributed by atoms with Crippen molar-refractivity contribution in [2.45, 2.75) is 37.6 Å². The lowest BCUT2D eigenvalue weighted by Gasteiger charge is -2.26. The van der Waals surface area contributed by atoms with Crippen molar-refractivity contribution in [1.29, 1.82) is 0 Å². The molecule has 19 heavy (non-hydrogen) atoms. The Balaban J connectivity index is 2.13. The first-order valence-electron chi connectivity index (χ1n) is 6.04. The van der Waals surface area contributed by atoms with Crippen molar-refractivity contribution in [3.05, 3.63) is 35.9 Å². The average Bonchev–Trinajstić information content (AvgIpc) is 2.70. The Labute approximate surface area is 109 Å². The molecule has 1 aliphatic heterocycles. The second-order valence-electron chi connectivity index (χ2n) is 4.79. The Morgan fingerprint density at radius 3 is 2.63 bits per heavy atom. The van der Waals surface area contributed by atoms with Gasteiger partial charge in [-0.05, 0) is 5.56 Å². The van der Waals surface area contributed by atoms with Crippen molar-refractivity contribution in [2.24, 2.45) is 0 Å². The van der Waals surface area contributed by atoms with Crippen LogP contribution in [0.4, 0.5) is 8.78 Å². The lowest BCUT2D eigenvalue weighted by Crippen LogP contribution is -2.49. The van der Waals surface area contributed by atoms with Gasteiger partial charge in [0.1, 0.15) is 0 Å². The molecule has 6 heteroatoms. The maximum Gasteiger partial charge on any atom is 0.283 e. The predicted octanol–water partition coefficient (Wildman–Crippen LogP) is 1.18. The number of hydrogen-bond acceptors (Lipinski definition) is 3. The largest absolute Gasteiger partial charge is 0.372 e. The number of aliphatic hydroxyl groups is 1. The Kier molecular flexibility index (Phi) is 3.82. The van der Waals surface area contributed by atoms with Gasteiger partial charge in [-0.2, -0.15) is 0 Å². The van der Waals surface area contributed by atoms with Gasteiger partial charge in [-0.3, -0.25) is 10.1 Å². The average molecular weight is 270 g/mol. The van der Waals surface area contributed by atoms with E-state index >= 15 is 0 Å². The van der Waals surface area contributed by atoms with E-state index in [1.54, 1.807) is 12.1 Å². The van der Waals surface area contributed by atoms with Gasteiger partial charge in [0, 0.05) is 19.4 Å². The summed E-state index contributed by atoms with van der Waals surface area (Å²) in [5.74, 6) is -3.48. The number of carbonyl (C=O) groups excluding carboxylic acids is 1. The molecule has 1 fully saturated rings. The van der Waals surface area contributed by atoms with E-state index in [1.165, 1.54) is 0 Å². The van der Waals surface area contributed by atoms with Crippen LogP contribution in [0.1, 0.15) is 24.9 Å². The van der Waals surface area contributed by atoms with Crippen LogP contribution in [0.25, 0.3) is 0 Å². The standard InChI is InChI=1S/C13H16F2N2O2/c1-13(14,15)12(19)16-9-7-10(18)17-11(9)8-5-3-2-4-6-8/h2-6,9,11-12,16,19H,7H2,1H3,(H,17,18). The molecule has 104 valence electrons. The molecule has 1 aromatic carbocycles. The second kappa shape index (κ2) is 5.22. The maximum atomic E-state index is 13.0. The normalized spacial score (nSPS) is 25.2. The number of benzene rings is 1. The minimum absolute atomic E-state index is 0.0622. The molecular weight excluding hydrogens is 254 g/mol. The van der Waals surface area contributed by atoms with E-state index < -0.39 is 24.2 Å². The van der Waals surface area contributed by atoms with Crippen LogP contribution in [0.3, 0.4) is 0 Å². The predicted molar refractivity (Wildman–Crippen MR) is 65.5 cm³/mol. The first-order valence-corrected chi connectivity index (χ1v) is 6.04.